The molecule has 3 nitrogen and oxygen atoms in total. The summed E-state index contributed by atoms with van der Waals surface area (Å²) in [4.78, 5) is 2.48. The van der Waals surface area contributed by atoms with Gasteiger partial charge in [-0.05, 0) is 13.0 Å². The van der Waals surface area contributed by atoms with Crippen LogP contribution in [0.15, 0.2) is 10.5 Å². The van der Waals surface area contributed by atoms with Gasteiger partial charge in [0.05, 0.1) is 6.54 Å². The fourth-order valence-electron chi connectivity index (χ4n) is 1.85. The summed E-state index contributed by atoms with van der Waals surface area (Å²) in [7, 11) is 0. The minimum absolute atomic E-state index is 0.497. The van der Waals surface area contributed by atoms with E-state index in [9.17, 15) is 0 Å². The Morgan fingerprint density at radius 3 is 2.80 bits per heavy atom. The normalized spacial score (nSPS) is 18.3. The van der Waals surface area contributed by atoms with E-state index in [-0.39, 0.29) is 0 Å². The predicted octanol–water partition coefficient (Wildman–Crippen LogP) is 1.60. The van der Waals surface area contributed by atoms with Crippen molar-refractivity contribution in [3.05, 3.63) is 23.2 Å². The summed E-state index contributed by atoms with van der Waals surface area (Å²) >= 11 is 2.04. The molecule has 0 radical (unpaired) electrons. The molecule has 1 aromatic rings. The molecule has 0 spiro atoms. The molecule has 1 fully saturated rings. The van der Waals surface area contributed by atoms with Crippen molar-refractivity contribution in [3.63, 3.8) is 0 Å². The van der Waals surface area contributed by atoms with E-state index in [4.69, 9.17) is 10.2 Å². The van der Waals surface area contributed by atoms with Crippen molar-refractivity contribution in [1.29, 1.82) is 0 Å². The van der Waals surface area contributed by atoms with E-state index >= 15 is 0 Å². The first-order valence-electron chi connectivity index (χ1n) is 5.38. The lowest BCUT2D eigenvalue weighted by Gasteiger charge is -2.25. The molecule has 2 rings (SSSR count). The van der Waals surface area contributed by atoms with Gasteiger partial charge in [-0.25, -0.2) is 0 Å². The molecular formula is C11H18N2OS. The third-order valence-corrected chi connectivity index (χ3v) is 3.71. The Hall–Kier alpha value is -0.450. The van der Waals surface area contributed by atoms with E-state index in [2.05, 4.69) is 11.0 Å². The van der Waals surface area contributed by atoms with Gasteiger partial charge in [0, 0.05) is 36.7 Å². The third kappa shape index (κ3) is 2.77. The molecule has 2 heterocycles. The molecule has 0 atom stereocenters. The second-order valence-electron chi connectivity index (χ2n) is 3.89. The van der Waals surface area contributed by atoms with Crippen molar-refractivity contribution in [2.24, 2.45) is 5.73 Å². The molecule has 1 saturated heterocycles. The summed E-state index contributed by atoms with van der Waals surface area (Å²) < 4.78 is 5.55. The van der Waals surface area contributed by atoms with Crippen molar-refractivity contribution in [1.82, 2.24) is 4.90 Å². The van der Waals surface area contributed by atoms with Crippen LogP contribution >= 0.6 is 11.8 Å². The van der Waals surface area contributed by atoms with Crippen LogP contribution in [-0.4, -0.2) is 29.5 Å². The first-order valence-corrected chi connectivity index (χ1v) is 6.53. The number of hydrogen-bond acceptors (Lipinski definition) is 4. The lowest BCUT2D eigenvalue weighted by molar-refractivity contribution is 0.292. The van der Waals surface area contributed by atoms with Gasteiger partial charge in [0.2, 0.25) is 0 Å². The predicted molar refractivity (Wildman–Crippen MR) is 63.9 cm³/mol. The third-order valence-electron chi connectivity index (χ3n) is 2.77. The lowest BCUT2D eigenvalue weighted by Crippen LogP contribution is -2.32. The maximum absolute atomic E-state index is 5.55. The maximum Gasteiger partial charge on any atom is 0.118 e. The second-order valence-corrected chi connectivity index (χ2v) is 5.11. The van der Waals surface area contributed by atoms with Crippen LogP contribution in [0.5, 0.6) is 0 Å². The fraction of sp³-hybridized carbons (Fsp3) is 0.636. The maximum atomic E-state index is 5.55. The van der Waals surface area contributed by atoms with Gasteiger partial charge in [0.25, 0.3) is 0 Å². The van der Waals surface area contributed by atoms with Crippen LogP contribution in [0.25, 0.3) is 0 Å². The van der Waals surface area contributed by atoms with Crippen molar-refractivity contribution in [2.45, 2.75) is 20.0 Å². The molecular weight excluding hydrogens is 208 g/mol. The summed E-state index contributed by atoms with van der Waals surface area (Å²) in [5.74, 6) is 4.42. The Morgan fingerprint density at radius 1 is 1.47 bits per heavy atom. The van der Waals surface area contributed by atoms with Gasteiger partial charge >= 0.3 is 0 Å². The number of rotatable bonds is 3. The summed E-state index contributed by atoms with van der Waals surface area (Å²) in [6.07, 6.45) is 0. The molecule has 0 bridgehead atoms. The highest BCUT2D eigenvalue weighted by atomic mass is 32.2. The standard InChI is InChI=1S/C11H18N2OS/c1-9-10(6-11(7-12)14-9)8-13-2-4-15-5-3-13/h6H,2-5,7-8,12H2,1H3. The quantitative estimate of drug-likeness (QED) is 0.850. The monoisotopic (exact) mass is 226 g/mol. The highest BCUT2D eigenvalue weighted by Crippen LogP contribution is 2.18. The topological polar surface area (TPSA) is 42.4 Å². The molecule has 2 N–H and O–H groups in total. The molecule has 15 heavy (non-hydrogen) atoms. The molecule has 1 aliphatic heterocycles. The number of thioether (sulfide) groups is 1. The van der Waals surface area contributed by atoms with Crippen molar-refractivity contribution >= 4 is 11.8 Å². The van der Waals surface area contributed by atoms with Gasteiger partial charge in [0.15, 0.2) is 0 Å². The molecule has 1 aliphatic rings. The number of furan rings is 1. The average Bonchev–Trinajstić information content (AvgIpc) is 2.61. The molecule has 0 aliphatic carbocycles. The van der Waals surface area contributed by atoms with Gasteiger partial charge in [-0.1, -0.05) is 0 Å². The van der Waals surface area contributed by atoms with E-state index in [1.165, 1.54) is 30.2 Å². The zero-order chi connectivity index (χ0) is 10.7. The van der Waals surface area contributed by atoms with Crippen molar-refractivity contribution < 1.29 is 4.42 Å². The SMILES string of the molecule is Cc1oc(CN)cc1CN1CCSCC1. The van der Waals surface area contributed by atoms with Gasteiger partial charge in [0.1, 0.15) is 11.5 Å². The van der Waals surface area contributed by atoms with E-state index in [0.29, 0.717) is 6.54 Å². The van der Waals surface area contributed by atoms with Crippen LogP contribution in [0, 0.1) is 6.92 Å². The smallest absolute Gasteiger partial charge is 0.118 e. The minimum Gasteiger partial charge on any atom is -0.465 e. The summed E-state index contributed by atoms with van der Waals surface area (Å²) in [6.45, 7) is 5.90. The molecule has 84 valence electrons. The zero-order valence-corrected chi connectivity index (χ0v) is 9.98. The first kappa shape index (κ1) is 11.0. The van der Waals surface area contributed by atoms with Gasteiger partial charge in [-0.15, -0.1) is 0 Å². The number of nitrogens with zero attached hydrogens (tertiary/aromatic N) is 1. The van der Waals surface area contributed by atoms with Crippen LogP contribution in [0.3, 0.4) is 0 Å². The van der Waals surface area contributed by atoms with Crippen LogP contribution in [0.1, 0.15) is 17.1 Å². The van der Waals surface area contributed by atoms with Crippen LogP contribution < -0.4 is 5.73 Å². The van der Waals surface area contributed by atoms with Crippen LogP contribution in [0.4, 0.5) is 0 Å². The number of hydrogen-bond donors (Lipinski definition) is 1. The van der Waals surface area contributed by atoms with E-state index in [0.717, 1.165) is 18.1 Å². The van der Waals surface area contributed by atoms with Gasteiger partial charge in [-0.2, -0.15) is 11.8 Å². The second kappa shape index (κ2) is 5.05. The molecule has 0 aromatic carbocycles. The van der Waals surface area contributed by atoms with Gasteiger partial charge < -0.3 is 10.2 Å². The van der Waals surface area contributed by atoms with E-state index in [1.807, 2.05) is 18.7 Å². The largest absolute Gasteiger partial charge is 0.465 e. The number of aryl methyl sites for hydroxylation is 1. The van der Waals surface area contributed by atoms with Crippen LogP contribution in [-0.2, 0) is 13.1 Å². The highest BCUT2D eigenvalue weighted by Gasteiger charge is 2.14. The molecule has 0 amide bonds. The Kier molecular flexibility index (Phi) is 3.72. The summed E-state index contributed by atoms with van der Waals surface area (Å²) in [5, 5.41) is 0. The van der Waals surface area contributed by atoms with Crippen molar-refractivity contribution in [2.75, 3.05) is 24.6 Å². The van der Waals surface area contributed by atoms with Crippen molar-refractivity contribution in [3.8, 4) is 0 Å². The summed E-state index contributed by atoms with van der Waals surface area (Å²) in [6, 6.07) is 2.09. The number of nitrogens with two attached hydrogens (primary N) is 1. The highest BCUT2D eigenvalue weighted by molar-refractivity contribution is 7.99. The molecule has 1 aromatic heterocycles. The van der Waals surface area contributed by atoms with E-state index < -0.39 is 0 Å². The van der Waals surface area contributed by atoms with Crippen LogP contribution in [0.2, 0.25) is 0 Å². The Labute approximate surface area is 95.0 Å². The Balaban J connectivity index is 1.99. The zero-order valence-electron chi connectivity index (χ0n) is 9.16. The lowest BCUT2D eigenvalue weighted by atomic mass is 10.2. The Bertz CT molecular complexity index is 318. The minimum atomic E-state index is 0.497. The van der Waals surface area contributed by atoms with E-state index in [1.54, 1.807) is 0 Å². The Morgan fingerprint density at radius 2 is 2.20 bits per heavy atom. The first-order chi connectivity index (χ1) is 7.29. The molecule has 0 unspecified atom stereocenters. The fourth-order valence-corrected chi connectivity index (χ4v) is 2.82. The van der Waals surface area contributed by atoms with Gasteiger partial charge in [-0.3, -0.25) is 4.90 Å². The average molecular weight is 226 g/mol. The summed E-state index contributed by atoms with van der Waals surface area (Å²) in [5.41, 5.74) is 6.85. The molecule has 4 heteroatoms. The molecule has 0 saturated carbocycles.